The Morgan fingerprint density at radius 2 is 2.11 bits per heavy atom. The molecule has 2 aromatic rings. The minimum absolute atomic E-state index is 0.193. The third-order valence-corrected chi connectivity index (χ3v) is 4.75. The normalized spacial score (nSPS) is 12.6. The maximum absolute atomic E-state index is 13.2. The van der Waals surface area contributed by atoms with Gasteiger partial charge in [-0.1, -0.05) is 15.9 Å². The lowest BCUT2D eigenvalue weighted by molar-refractivity contribution is 0.544. The van der Waals surface area contributed by atoms with Crippen LogP contribution in [0, 0.1) is 12.7 Å². The molecule has 102 valence electrons. The van der Waals surface area contributed by atoms with Gasteiger partial charge in [0.25, 0.3) is 0 Å². The number of thiophene rings is 1. The van der Waals surface area contributed by atoms with Crippen LogP contribution in [0.4, 0.5) is 4.39 Å². The van der Waals surface area contributed by atoms with Crippen molar-refractivity contribution in [2.24, 2.45) is 0 Å². The Balaban J connectivity index is 1.89. The second-order valence-electron chi connectivity index (χ2n) is 4.73. The second kappa shape index (κ2) is 6.64. The molecule has 4 heteroatoms. The van der Waals surface area contributed by atoms with Crippen molar-refractivity contribution in [3.63, 3.8) is 0 Å². The number of rotatable bonds is 5. The molecule has 1 atom stereocenters. The fraction of sp³-hybridized carbons (Fsp3) is 0.333. The van der Waals surface area contributed by atoms with Crippen molar-refractivity contribution in [3.8, 4) is 0 Å². The quantitative estimate of drug-likeness (QED) is 0.832. The van der Waals surface area contributed by atoms with Gasteiger partial charge in [-0.3, -0.25) is 0 Å². The number of halogens is 2. The molecule has 0 radical (unpaired) electrons. The van der Waals surface area contributed by atoms with Crippen LogP contribution in [0.3, 0.4) is 0 Å². The van der Waals surface area contributed by atoms with Gasteiger partial charge in [-0.25, -0.2) is 4.39 Å². The number of benzene rings is 1. The molecule has 1 aromatic carbocycles. The first-order valence-electron chi connectivity index (χ1n) is 6.27. The Morgan fingerprint density at radius 1 is 1.32 bits per heavy atom. The highest BCUT2D eigenvalue weighted by Gasteiger charge is 2.07. The topological polar surface area (TPSA) is 12.0 Å². The number of hydrogen-bond acceptors (Lipinski definition) is 2. The summed E-state index contributed by atoms with van der Waals surface area (Å²) in [4.78, 5) is 2.73. The molecule has 0 bridgehead atoms. The van der Waals surface area contributed by atoms with Crippen LogP contribution in [0.15, 0.2) is 34.8 Å². The van der Waals surface area contributed by atoms with Crippen molar-refractivity contribution in [3.05, 3.63) is 55.9 Å². The monoisotopic (exact) mass is 341 g/mol. The molecule has 0 spiro atoms. The SMILES string of the molecule is Cc1ccc(CC(C)NCc2cc(F)ccc2Br)s1. The fourth-order valence-electron chi connectivity index (χ4n) is 1.93. The lowest BCUT2D eigenvalue weighted by atomic mass is 10.1. The summed E-state index contributed by atoms with van der Waals surface area (Å²) in [5.41, 5.74) is 0.953. The van der Waals surface area contributed by atoms with Gasteiger partial charge < -0.3 is 5.32 Å². The predicted octanol–water partition coefficient (Wildman–Crippen LogP) is 4.68. The molecule has 0 saturated carbocycles. The zero-order valence-corrected chi connectivity index (χ0v) is 13.4. The Kier molecular flexibility index (Phi) is 5.13. The van der Waals surface area contributed by atoms with Gasteiger partial charge in [-0.2, -0.15) is 0 Å². The Morgan fingerprint density at radius 3 is 2.79 bits per heavy atom. The van der Waals surface area contributed by atoms with Gasteiger partial charge in [0.1, 0.15) is 5.82 Å². The van der Waals surface area contributed by atoms with Crippen molar-refractivity contribution in [2.75, 3.05) is 0 Å². The Bertz CT molecular complexity index is 553. The van der Waals surface area contributed by atoms with Crippen molar-refractivity contribution < 1.29 is 4.39 Å². The highest BCUT2D eigenvalue weighted by atomic mass is 79.9. The highest BCUT2D eigenvalue weighted by Crippen LogP contribution is 2.19. The summed E-state index contributed by atoms with van der Waals surface area (Å²) in [5.74, 6) is -0.193. The molecule has 1 nitrogen and oxygen atoms in total. The largest absolute Gasteiger partial charge is 0.310 e. The van der Waals surface area contributed by atoms with E-state index in [1.54, 1.807) is 12.1 Å². The Labute approximate surface area is 126 Å². The zero-order valence-electron chi connectivity index (χ0n) is 11.0. The molecule has 1 heterocycles. The first kappa shape index (κ1) is 14.7. The van der Waals surface area contributed by atoms with Gasteiger partial charge in [-0.15, -0.1) is 11.3 Å². The van der Waals surface area contributed by atoms with Gasteiger partial charge in [0.15, 0.2) is 0 Å². The molecule has 0 saturated heterocycles. The summed E-state index contributed by atoms with van der Waals surface area (Å²) in [7, 11) is 0. The van der Waals surface area contributed by atoms with E-state index in [0.717, 1.165) is 16.5 Å². The van der Waals surface area contributed by atoms with Gasteiger partial charge >= 0.3 is 0 Å². The van der Waals surface area contributed by atoms with Crippen LogP contribution in [0.5, 0.6) is 0 Å². The summed E-state index contributed by atoms with van der Waals surface area (Å²) in [6.45, 7) is 4.95. The van der Waals surface area contributed by atoms with Gasteiger partial charge in [0.05, 0.1) is 0 Å². The van der Waals surface area contributed by atoms with Crippen molar-refractivity contribution in [1.82, 2.24) is 5.32 Å². The van der Waals surface area contributed by atoms with Crippen LogP contribution in [-0.2, 0) is 13.0 Å². The molecule has 0 aliphatic carbocycles. The highest BCUT2D eigenvalue weighted by molar-refractivity contribution is 9.10. The third kappa shape index (κ3) is 4.41. The molecule has 0 fully saturated rings. The average molecular weight is 342 g/mol. The number of nitrogens with one attached hydrogen (secondary N) is 1. The molecule has 0 amide bonds. The average Bonchev–Trinajstić information content (AvgIpc) is 2.76. The summed E-state index contributed by atoms with van der Waals surface area (Å²) in [6, 6.07) is 9.48. The Hall–Kier alpha value is -0.710. The minimum atomic E-state index is -0.193. The van der Waals surface area contributed by atoms with E-state index in [0.29, 0.717) is 12.6 Å². The van der Waals surface area contributed by atoms with E-state index in [1.807, 2.05) is 11.3 Å². The molecule has 1 N–H and O–H groups in total. The number of hydrogen-bond donors (Lipinski definition) is 1. The van der Waals surface area contributed by atoms with Crippen LogP contribution in [0.25, 0.3) is 0 Å². The lowest BCUT2D eigenvalue weighted by Crippen LogP contribution is -2.27. The van der Waals surface area contributed by atoms with E-state index < -0.39 is 0 Å². The van der Waals surface area contributed by atoms with Crippen molar-refractivity contribution in [2.45, 2.75) is 32.9 Å². The maximum atomic E-state index is 13.2. The molecular weight excluding hydrogens is 325 g/mol. The first-order chi connectivity index (χ1) is 9.04. The van der Waals surface area contributed by atoms with Crippen LogP contribution in [0.2, 0.25) is 0 Å². The standard InChI is InChI=1S/C15H17BrFNS/c1-10(7-14-5-3-11(2)19-14)18-9-12-8-13(17)4-6-15(12)16/h3-6,8,10,18H,7,9H2,1-2H3. The summed E-state index contributed by atoms with van der Waals surface area (Å²) < 4.78 is 14.1. The molecule has 0 aliphatic rings. The molecule has 19 heavy (non-hydrogen) atoms. The zero-order chi connectivity index (χ0) is 13.8. The van der Waals surface area contributed by atoms with Crippen molar-refractivity contribution >= 4 is 27.3 Å². The van der Waals surface area contributed by atoms with E-state index in [-0.39, 0.29) is 5.82 Å². The fourth-order valence-corrected chi connectivity index (χ4v) is 3.34. The van der Waals surface area contributed by atoms with E-state index in [4.69, 9.17) is 0 Å². The minimum Gasteiger partial charge on any atom is -0.310 e. The van der Waals surface area contributed by atoms with Gasteiger partial charge in [0, 0.05) is 26.8 Å². The molecule has 1 unspecified atom stereocenters. The predicted molar refractivity (Wildman–Crippen MR) is 83.2 cm³/mol. The number of aryl methyl sites for hydroxylation is 1. The maximum Gasteiger partial charge on any atom is 0.123 e. The van der Waals surface area contributed by atoms with E-state index in [2.05, 4.69) is 47.2 Å². The molecule has 2 rings (SSSR count). The molecule has 1 aromatic heterocycles. The van der Waals surface area contributed by atoms with Crippen LogP contribution in [0.1, 0.15) is 22.2 Å². The van der Waals surface area contributed by atoms with Gasteiger partial charge in [-0.05, 0) is 56.2 Å². The summed E-state index contributed by atoms with van der Waals surface area (Å²) in [6.07, 6.45) is 1.01. The van der Waals surface area contributed by atoms with E-state index in [1.165, 1.54) is 15.8 Å². The smallest absolute Gasteiger partial charge is 0.123 e. The first-order valence-corrected chi connectivity index (χ1v) is 7.88. The van der Waals surface area contributed by atoms with Crippen LogP contribution < -0.4 is 5.32 Å². The third-order valence-electron chi connectivity index (χ3n) is 2.95. The summed E-state index contributed by atoms with van der Waals surface area (Å²) >= 11 is 5.28. The lowest BCUT2D eigenvalue weighted by Gasteiger charge is -2.13. The van der Waals surface area contributed by atoms with E-state index >= 15 is 0 Å². The van der Waals surface area contributed by atoms with E-state index in [9.17, 15) is 4.39 Å². The molecule has 0 aliphatic heterocycles. The van der Waals surface area contributed by atoms with Crippen molar-refractivity contribution in [1.29, 1.82) is 0 Å². The second-order valence-corrected chi connectivity index (χ2v) is 6.96. The molecular formula is C15H17BrFNS. The van der Waals surface area contributed by atoms with Crippen LogP contribution >= 0.6 is 27.3 Å². The van der Waals surface area contributed by atoms with Gasteiger partial charge in [0.2, 0.25) is 0 Å². The van der Waals surface area contributed by atoms with Crippen LogP contribution in [-0.4, -0.2) is 6.04 Å². The summed E-state index contributed by atoms with van der Waals surface area (Å²) in [5, 5.41) is 3.43.